The molecule has 0 spiro atoms. The van der Waals surface area contributed by atoms with E-state index in [1.54, 1.807) is 46.8 Å². The summed E-state index contributed by atoms with van der Waals surface area (Å²) in [6.45, 7) is 22.4. The highest BCUT2D eigenvalue weighted by Gasteiger charge is 2.36. The summed E-state index contributed by atoms with van der Waals surface area (Å²) < 4.78 is 111. The molecule has 0 saturated carbocycles. The molecule has 13 nitrogen and oxygen atoms in total. The van der Waals surface area contributed by atoms with Crippen LogP contribution in [0.25, 0.3) is 10.8 Å². The van der Waals surface area contributed by atoms with Crippen LogP contribution in [-0.4, -0.2) is 67.9 Å². The van der Waals surface area contributed by atoms with Crippen molar-refractivity contribution >= 4 is 55.7 Å². The zero-order chi connectivity index (χ0) is 67.0. The Labute approximate surface area is 589 Å². The maximum Gasteiger partial charge on any atom is 0.347 e. The number of carbonyl (C=O) groups is 4. The normalized spacial score (nSPS) is 12.6. The van der Waals surface area contributed by atoms with Crippen molar-refractivity contribution in [2.75, 3.05) is 19.8 Å². The minimum Gasteiger partial charge on any atom is -0.744 e. The number of ether oxygens (including phenoxy) is 5. The Morgan fingerprint density at radius 3 is 1.39 bits per heavy atom. The van der Waals surface area contributed by atoms with Crippen molar-refractivity contribution in [3.05, 3.63) is 192 Å². The van der Waals surface area contributed by atoms with Gasteiger partial charge < -0.3 is 33.3 Å². The van der Waals surface area contributed by atoms with Crippen LogP contribution in [-0.2, 0) is 59.1 Å². The highest BCUT2D eigenvalue weighted by atomic mass is 32.2. The van der Waals surface area contributed by atoms with E-state index in [0.717, 1.165) is 18.4 Å². The van der Waals surface area contributed by atoms with Crippen molar-refractivity contribution in [3.63, 3.8) is 0 Å². The van der Waals surface area contributed by atoms with Crippen molar-refractivity contribution in [1.29, 1.82) is 0 Å². The average molecular weight is 1410 g/mol. The number of phenols is 1. The molecule has 1 fully saturated rings. The van der Waals surface area contributed by atoms with Crippen LogP contribution in [0.1, 0.15) is 204 Å². The maximum atomic E-state index is 13.7. The van der Waals surface area contributed by atoms with Crippen molar-refractivity contribution < 1.29 is 78.5 Å². The second kappa shape index (κ2) is 46.5. The Morgan fingerprint density at radius 1 is 0.571 bits per heavy atom. The molecule has 7 aromatic rings. The van der Waals surface area contributed by atoms with Crippen LogP contribution in [0.4, 0.5) is 17.6 Å². The van der Waals surface area contributed by atoms with Gasteiger partial charge in [0.15, 0.2) is 32.1 Å². The lowest BCUT2D eigenvalue weighted by atomic mass is 9.90. The summed E-state index contributed by atoms with van der Waals surface area (Å²) >= 11 is 0. The molecule has 0 bridgehead atoms. The van der Waals surface area contributed by atoms with E-state index in [0.29, 0.717) is 37.5 Å². The largest absolute Gasteiger partial charge is 0.744 e. The van der Waals surface area contributed by atoms with Crippen LogP contribution >= 0.6 is 0 Å². The minimum absolute atomic E-state index is 0. The minimum atomic E-state index is -5.77. The van der Waals surface area contributed by atoms with Gasteiger partial charge in [-0.3, -0.25) is 14.4 Å². The zero-order valence-electron chi connectivity index (χ0n) is 53.3. The van der Waals surface area contributed by atoms with Crippen molar-refractivity contribution in [2.24, 2.45) is 16.2 Å². The van der Waals surface area contributed by atoms with E-state index in [9.17, 15) is 49.7 Å². The molecule has 0 aliphatic carbocycles. The van der Waals surface area contributed by atoms with Crippen LogP contribution in [0, 0.1) is 39.5 Å². The van der Waals surface area contributed by atoms with Gasteiger partial charge >= 0.3 is 23.9 Å². The van der Waals surface area contributed by atoms with Crippen LogP contribution in [0.3, 0.4) is 0 Å². The number of cyclic esters (lactones) is 1. The standard InChI is InChI=1S/C18H22O2.C18H15S.C15H18F4O6S.C10H16O4.C10H14O.8CH4/c1-5-18(3,4)17(19)20-13(2)15-11-10-14-8-6-7-9-16(14)12-15;1-4-10-16(11-5-1)19(17-12-6-2-7-13-17)18-14-8-3-9-15-18;1-4-15(2,3)14(20)25-7-5-6-24-12-8(16)10(18)13(26(21,22)23)11(19)9(12)17;1-4-10(2,3)9(12)14-7-5-6-13-8(7)11;1-3-8(2)9-4-6-10(11)7-5-9;;;;;;;;/h6-13H,5H2,1-4H3;1-15H;4-7H2,1-3H3,(H,21,22,23);7H,4-6H2,1-3H3;4-8,11H,3H2,1-2H3;8*1H4/q;+1;;;;;;;;;;;/p-1. The SMILES string of the molecule is C.C.C.C.C.C.C.C.CCC(C)(C)C(=O)OC(C)c1ccc2ccccc2c1.CCC(C)(C)C(=O)OC1CCOC1=O.CCC(C)(C)C(=O)OCCCOc1c(F)c(F)c(S(=O)(=O)[O-])c(F)c1F.CCC(C)c1ccc(O)cc1.c1ccc([S+](c2ccccc2)c2ccccc2)cc1. The van der Waals surface area contributed by atoms with E-state index < -0.39 is 84.9 Å². The Hall–Kier alpha value is -7.74. The summed E-state index contributed by atoms with van der Waals surface area (Å²) in [4.78, 5) is 48.2. The summed E-state index contributed by atoms with van der Waals surface area (Å²) in [5.74, 6) is -11.0. The second-order valence-electron chi connectivity index (χ2n) is 23.1. The Bertz CT molecular complexity index is 3410. The molecule has 7 aromatic carbocycles. The summed E-state index contributed by atoms with van der Waals surface area (Å²) in [6.07, 6.45) is 2.63. The summed E-state index contributed by atoms with van der Waals surface area (Å²) in [7, 11) is -5.79. The van der Waals surface area contributed by atoms with Crippen LogP contribution in [0.5, 0.6) is 11.5 Å². The van der Waals surface area contributed by atoms with Crippen LogP contribution in [0.15, 0.2) is 177 Å². The molecular formula is C79H116F4O13S2. The van der Waals surface area contributed by atoms with Gasteiger partial charge in [0.25, 0.3) is 0 Å². The van der Waals surface area contributed by atoms with Gasteiger partial charge in [-0.1, -0.05) is 197 Å². The van der Waals surface area contributed by atoms with Crippen LogP contribution in [0.2, 0.25) is 0 Å². The topological polar surface area (TPSA) is 192 Å². The van der Waals surface area contributed by atoms with Crippen molar-refractivity contribution in [3.8, 4) is 11.5 Å². The summed E-state index contributed by atoms with van der Waals surface area (Å²) in [5.41, 5.74) is 0.660. The van der Waals surface area contributed by atoms with E-state index in [1.165, 1.54) is 31.0 Å². The number of esters is 4. The number of halogens is 4. The predicted molar refractivity (Wildman–Crippen MR) is 394 cm³/mol. The van der Waals surface area contributed by atoms with Gasteiger partial charge in [-0.25, -0.2) is 22.0 Å². The molecule has 0 aromatic heterocycles. The number of hydrogen-bond donors (Lipinski definition) is 1. The van der Waals surface area contributed by atoms with Gasteiger partial charge in [-0.05, 0) is 157 Å². The third kappa shape index (κ3) is 29.4. The Balaban J connectivity index is -0.000000369. The van der Waals surface area contributed by atoms with Gasteiger partial charge in [-0.2, -0.15) is 8.78 Å². The van der Waals surface area contributed by atoms with E-state index in [-0.39, 0.29) is 101 Å². The molecule has 1 saturated heterocycles. The quantitative estimate of drug-likeness (QED) is 0.0144. The van der Waals surface area contributed by atoms with Gasteiger partial charge in [0.1, 0.15) is 26.9 Å². The first kappa shape index (κ1) is 98.9. The highest BCUT2D eigenvalue weighted by molar-refractivity contribution is 7.97. The average Bonchev–Trinajstić information content (AvgIpc) is 0.872. The first-order valence-electron chi connectivity index (χ1n) is 29.8. The number of aromatic hydroxyl groups is 1. The molecule has 98 heavy (non-hydrogen) atoms. The number of benzene rings is 7. The lowest BCUT2D eigenvalue weighted by molar-refractivity contribution is -0.167. The molecule has 0 amide bonds. The van der Waals surface area contributed by atoms with Gasteiger partial charge in [-0.15, -0.1) is 0 Å². The third-order valence-corrected chi connectivity index (χ3v) is 18.3. The molecule has 1 N–H and O–H groups in total. The van der Waals surface area contributed by atoms with Crippen molar-refractivity contribution in [2.45, 2.75) is 219 Å². The molecule has 1 aliphatic rings. The van der Waals surface area contributed by atoms with Gasteiger partial charge in [0.2, 0.25) is 17.7 Å². The Morgan fingerprint density at radius 2 is 0.980 bits per heavy atom. The first-order valence-corrected chi connectivity index (χ1v) is 32.4. The third-order valence-electron chi connectivity index (χ3n) is 15.2. The van der Waals surface area contributed by atoms with E-state index in [4.69, 9.17) is 24.1 Å². The summed E-state index contributed by atoms with van der Waals surface area (Å²) in [5, 5.41) is 11.4. The first-order chi connectivity index (χ1) is 42.4. The second-order valence-corrected chi connectivity index (χ2v) is 26.4. The zero-order valence-corrected chi connectivity index (χ0v) is 54.9. The van der Waals surface area contributed by atoms with Crippen LogP contribution < -0.4 is 4.74 Å². The molecule has 1 aliphatic heterocycles. The molecule has 1 heterocycles. The molecule has 8 rings (SSSR count). The molecule has 19 heteroatoms. The lowest BCUT2D eigenvalue weighted by Gasteiger charge is -2.23. The fourth-order valence-electron chi connectivity index (χ4n) is 7.80. The fourth-order valence-corrected chi connectivity index (χ4v) is 10.5. The molecule has 0 radical (unpaired) electrons. The van der Waals surface area contributed by atoms with E-state index >= 15 is 0 Å². The van der Waals surface area contributed by atoms with Gasteiger partial charge in [0, 0.05) is 12.8 Å². The van der Waals surface area contributed by atoms with Gasteiger partial charge in [0.05, 0.1) is 47.0 Å². The number of fused-ring (bicyclic) bond motifs is 1. The molecule has 550 valence electrons. The number of phenolic OH excluding ortho intramolecular Hbond substituents is 1. The maximum absolute atomic E-state index is 13.7. The molecule has 3 atom stereocenters. The van der Waals surface area contributed by atoms with E-state index in [1.807, 2.05) is 65.0 Å². The number of hydrogen-bond acceptors (Lipinski definition) is 13. The number of carbonyl (C=O) groups excluding carboxylic acids is 4. The van der Waals surface area contributed by atoms with E-state index in [2.05, 4.69) is 134 Å². The summed E-state index contributed by atoms with van der Waals surface area (Å²) in [6, 6.07) is 54.0. The highest BCUT2D eigenvalue weighted by Crippen LogP contribution is 2.34. The fraction of sp³-hybridized carbons (Fsp3) is 0.443. The number of rotatable bonds is 20. The molecule has 3 unspecified atom stereocenters. The lowest BCUT2D eigenvalue weighted by Crippen LogP contribution is -2.32. The smallest absolute Gasteiger partial charge is 0.347 e. The molecular weight excluding hydrogens is 1300 g/mol. The Kier molecular flexibility index (Phi) is 47.0. The predicted octanol–water partition coefficient (Wildman–Crippen LogP) is 21.8. The van der Waals surface area contributed by atoms with Crippen molar-refractivity contribution in [1.82, 2.24) is 0 Å². The monoisotopic (exact) mass is 1410 g/mol.